The summed E-state index contributed by atoms with van der Waals surface area (Å²) in [4.78, 5) is 15.8. The molecule has 1 saturated carbocycles. The van der Waals surface area contributed by atoms with Crippen LogP contribution in [0, 0.1) is 12.8 Å². The molecule has 0 saturated heterocycles. The average molecular weight is 195 g/mol. The smallest absolute Gasteiger partial charge is 0.182 e. The lowest BCUT2D eigenvalue weighted by Crippen LogP contribution is -2.16. The fraction of sp³-hybridized carbons (Fsp3) is 0.600. The van der Waals surface area contributed by atoms with Crippen molar-refractivity contribution in [3.05, 3.63) is 16.1 Å². The van der Waals surface area contributed by atoms with E-state index in [2.05, 4.69) is 4.98 Å². The summed E-state index contributed by atoms with van der Waals surface area (Å²) in [5.74, 6) is 0.878. The van der Waals surface area contributed by atoms with Gasteiger partial charge in [-0.25, -0.2) is 4.98 Å². The van der Waals surface area contributed by atoms with Crippen molar-refractivity contribution in [2.75, 3.05) is 0 Å². The van der Waals surface area contributed by atoms with Gasteiger partial charge in [-0.15, -0.1) is 11.3 Å². The van der Waals surface area contributed by atoms with E-state index >= 15 is 0 Å². The molecule has 2 nitrogen and oxygen atoms in total. The molecule has 0 radical (unpaired) electrons. The lowest BCUT2D eigenvalue weighted by atomic mass is 9.81. The highest BCUT2D eigenvalue weighted by molar-refractivity contribution is 7.09. The molecular weight excluding hydrogens is 182 g/mol. The maximum atomic E-state index is 11.6. The zero-order valence-electron chi connectivity index (χ0n) is 7.75. The first kappa shape index (κ1) is 8.88. The number of Topliss-reactive ketones (excluding diaryl/α,β-unsaturated/α-hetero) is 1. The van der Waals surface area contributed by atoms with E-state index in [4.69, 9.17) is 0 Å². The predicted molar refractivity (Wildman–Crippen MR) is 53.1 cm³/mol. The zero-order valence-corrected chi connectivity index (χ0v) is 8.56. The van der Waals surface area contributed by atoms with Crippen LogP contribution < -0.4 is 0 Å². The van der Waals surface area contributed by atoms with Crippen LogP contribution in [0.15, 0.2) is 5.38 Å². The highest BCUT2D eigenvalue weighted by Gasteiger charge is 2.22. The predicted octanol–water partition coefficient (Wildman–Crippen LogP) is 2.82. The van der Waals surface area contributed by atoms with Crippen LogP contribution in [-0.2, 0) is 0 Å². The SMILES string of the molecule is Cc1nc(C(=O)CC2CCC2)cs1. The van der Waals surface area contributed by atoms with Gasteiger partial charge in [-0.3, -0.25) is 4.79 Å². The molecule has 3 heteroatoms. The normalized spacial score (nSPS) is 17.0. The molecule has 0 atom stereocenters. The van der Waals surface area contributed by atoms with Crippen molar-refractivity contribution in [2.24, 2.45) is 5.92 Å². The Hall–Kier alpha value is -0.700. The highest BCUT2D eigenvalue weighted by atomic mass is 32.1. The van der Waals surface area contributed by atoms with Gasteiger partial charge in [0.1, 0.15) is 5.69 Å². The summed E-state index contributed by atoms with van der Waals surface area (Å²) in [5.41, 5.74) is 0.675. The second-order valence-corrected chi connectivity index (χ2v) is 4.74. The third-order valence-corrected chi connectivity index (χ3v) is 3.38. The number of carbonyl (C=O) groups excluding carboxylic acids is 1. The third kappa shape index (κ3) is 1.97. The molecule has 0 N–H and O–H groups in total. The van der Waals surface area contributed by atoms with Gasteiger partial charge in [-0.2, -0.15) is 0 Å². The van der Waals surface area contributed by atoms with Gasteiger partial charge in [-0.05, 0) is 12.8 Å². The molecule has 2 rings (SSSR count). The number of ketones is 1. The van der Waals surface area contributed by atoms with Crippen molar-refractivity contribution in [2.45, 2.75) is 32.6 Å². The Kier molecular flexibility index (Phi) is 2.44. The molecule has 0 bridgehead atoms. The Bertz CT molecular complexity index is 314. The Morgan fingerprint density at radius 3 is 2.92 bits per heavy atom. The van der Waals surface area contributed by atoms with Gasteiger partial charge in [-0.1, -0.05) is 19.3 Å². The van der Waals surface area contributed by atoms with E-state index in [1.165, 1.54) is 19.3 Å². The van der Waals surface area contributed by atoms with E-state index in [-0.39, 0.29) is 5.78 Å². The van der Waals surface area contributed by atoms with E-state index in [9.17, 15) is 4.79 Å². The standard InChI is InChI=1S/C10H13NOS/c1-7-11-9(6-13-7)10(12)5-8-3-2-4-8/h6,8H,2-5H2,1H3. The average Bonchev–Trinajstić information content (AvgIpc) is 2.44. The number of nitrogens with zero attached hydrogens (tertiary/aromatic N) is 1. The summed E-state index contributed by atoms with van der Waals surface area (Å²) >= 11 is 1.55. The number of carbonyl (C=O) groups is 1. The summed E-state index contributed by atoms with van der Waals surface area (Å²) in [6.45, 7) is 1.94. The molecule has 70 valence electrons. The molecule has 0 aliphatic heterocycles. The maximum Gasteiger partial charge on any atom is 0.182 e. The van der Waals surface area contributed by atoms with E-state index < -0.39 is 0 Å². The van der Waals surface area contributed by atoms with Crippen LogP contribution in [0.3, 0.4) is 0 Å². The lowest BCUT2D eigenvalue weighted by Gasteiger charge is -2.23. The van der Waals surface area contributed by atoms with Crippen LogP contribution in [0.5, 0.6) is 0 Å². The monoisotopic (exact) mass is 195 g/mol. The van der Waals surface area contributed by atoms with E-state index in [0.29, 0.717) is 18.0 Å². The number of rotatable bonds is 3. The molecule has 1 fully saturated rings. The second kappa shape index (κ2) is 3.58. The van der Waals surface area contributed by atoms with Gasteiger partial charge in [0.25, 0.3) is 0 Å². The fourth-order valence-corrected chi connectivity index (χ4v) is 2.17. The quantitative estimate of drug-likeness (QED) is 0.694. The minimum atomic E-state index is 0.231. The van der Waals surface area contributed by atoms with E-state index in [1.807, 2.05) is 12.3 Å². The van der Waals surface area contributed by atoms with Crippen molar-refractivity contribution in [1.82, 2.24) is 4.98 Å². The molecule has 1 aliphatic rings. The van der Waals surface area contributed by atoms with Gasteiger partial charge in [0, 0.05) is 11.8 Å². The minimum Gasteiger partial charge on any atom is -0.292 e. The molecule has 1 aromatic heterocycles. The largest absolute Gasteiger partial charge is 0.292 e. The third-order valence-electron chi connectivity index (χ3n) is 2.60. The fourth-order valence-electron chi connectivity index (χ4n) is 1.56. The molecule has 0 unspecified atom stereocenters. The van der Waals surface area contributed by atoms with Crippen molar-refractivity contribution >= 4 is 17.1 Å². The second-order valence-electron chi connectivity index (χ2n) is 3.68. The van der Waals surface area contributed by atoms with Crippen molar-refractivity contribution in [3.8, 4) is 0 Å². The summed E-state index contributed by atoms with van der Waals surface area (Å²) < 4.78 is 0. The summed E-state index contributed by atoms with van der Waals surface area (Å²) in [6, 6.07) is 0. The van der Waals surface area contributed by atoms with E-state index in [0.717, 1.165) is 5.01 Å². The topological polar surface area (TPSA) is 30.0 Å². The van der Waals surface area contributed by atoms with Crippen molar-refractivity contribution in [3.63, 3.8) is 0 Å². The molecule has 1 heterocycles. The Morgan fingerprint density at radius 2 is 2.46 bits per heavy atom. The molecule has 1 aromatic rings. The highest BCUT2D eigenvalue weighted by Crippen LogP contribution is 2.30. The van der Waals surface area contributed by atoms with Crippen molar-refractivity contribution < 1.29 is 4.79 Å². The van der Waals surface area contributed by atoms with Crippen molar-refractivity contribution in [1.29, 1.82) is 0 Å². The first-order chi connectivity index (χ1) is 6.25. The molecule has 0 amide bonds. The summed E-state index contributed by atoms with van der Waals surface area (Å²) in [7, 11) is 0. The van der Waals surface area contributed by atoms with Gasteiger partial charge in [0.05, 0.1) is 5.01 Å². The molecule has 13 heavy (non-hydrogen) atoms. The van der Waals surface area contributed by atoms with Gasteiger partial charge >= 0.3 is 0 Å². The zero-order chi connectivity index (χ0) is 9.26. The van der Waals surface area contributed by atoms with Crippen LogP contribution in [0.1, 0.15) is 41.2 Å². The molecule has 0 aromatic carbocycles. The summed E-state index contributed by atoms with van der Waals surface area (Å²) in [6.07, 6.45) is 4.47. The van der Waals surface area contributed by atoms with Gasteiger partial charge < -0.3 is 0 Å². The molecule has 0 spiro atoms. The first-order valence-corrected chi connectivity index (χ1v) is 5.59. The molecule has 1 aliphatic carbocycles. The van der Waals surface area contributed by atoms with Crippen LogP contribution in [-0.4, -0.2) is 10.8 Å². The number of hydrogen-bond donors (Lipinski definition) is 0. The number of aryl methyl sites for hydroxylation is 1. The maximum absolute atomic E-state index is 11.6. The minimum absolute atomic E-state index is 0.231. The van der Waals surface area contributed by atoms with Crippen LogP contribution in [0.4, 0.5) is 0 Å². The lowest BCUT2D eigenvalue weighted by molar-refractivity contribution is 0.0932. The van der Waals surface area contributed by atoms with Gasteiger partial charge in [0.2, 0.25) is 0 Å². The van der Waals surface area contributed by atoms with Crippen LogP contribution in [0.2, 0.25) is 0 Å². The van der Waals surface area contributed by atoms with Crippen LogP contribution >= 0.6 is 11.3 Å². The number of aromatic nitrogens is 1. The van der Waals surface area contributed by atoms with Gasteiger partial charge in [0.15, 0.2) is 5.78 Å². The number of hydrogen-bond acceptors (Lipinski definition) is 3. The van der Waals surface area contributed by atoms with E-state index in [1.54, 1.807) is 11.3 Å². The molecular formula is C10H13NOS. The Morgan fingerprint density at radius 1 is 1.69 bits per heavy atom. The number of thiazole rings is 1. The Balaban J connectivity index is 1.96. The van der Waals surface area contributed by atoms with Crippen LogP contribution in [0.25, 0.3) is 0 Å². The summed E-state index contributed by atoms with van der Waals surface area (Å²) in [5, 5.41) is 2.85. The first-order valence-electron chi connectivity index (χ1n) is 4.71. The Labute approximate surface area is 82.0 Å².